The fourth-order valence-electron chi connectivity index (χ4n) is 2.07. The van der Waals surface area contributed by atoms with Crippen LogP contribution in [0.15, 0.2) is 24.3 Å². The second-order valence-electron chi connectivity index (χ2n) is 4.83. The van der Waals surface area contributed by atoms with Crippen LogP contribution in [0.2, 0.25) is 0 Å². The smallest absolute Gasteiger partial charge is 0.308 e. The van der Waals surface area contributed by atoms with Crippen molar-refractivity contribution in [3.63, 3.8) is 0 Å². The van der Waals surface area contributed by atoms with Crippen molar-refractivity contribution in [2.75, 3.05) is 10.6 Å². The summed E-state index contributed by atoms with van der Waals surface area (Å²) in [6, 6.07) is 6.23. The molecule has 0 aliphatic rings. The van der Waals surface area contributed by atoms with Gasteiger partial charge in [0, 0.05) is 18.8 Å². The fourth-order valence-corrected chi connectivity index (χ4v) is 2.07. The third-order valence-electron chi connectivity index (χ3n) is 2.86. The van der Waals surface area contributed by atoms with E-state index in [1.165, 1.54) is 7.05 Å². The van der Waals surface area contributed by atoms with Gasteiger partial charge < -0.3 is 5.32 Å². The first-order valence-corrected chi connectivity index (χ1v) is 6.33. The fraction of sp³-hybridized carbons (Fsp3) is 0.286. The monoisotopic (exact) mass is 294 g/mol. The number of benzene rings is 1. The van der Waals surface area contributed by atoms with Gasteiger partial charge in [0.2, 0.25) is 0 Å². The van der Waals surface area contributed by atoms with Crippen LogP contribution >= 0.6 is 0 Å². The molecular formula is C14H16F2N4O. The van der Waals surface area contributed by atoms with E-state index in [4.69, 9.17) is 0 Å². The third kappa shape index (κ3) is 3.77. The van der Waals surface area contributed by atoms with Crippen LogP contribution < -0.4 is 10.6 Å². The number of rotatable bonds is 3. The molecule has 0 aliphatic heterocycles. The molecule has 2 N–H and O–H groups in total. The molecule has 0 unspecified atom stereocenters. The topological polar surface area (TPSA) is 59.0 Å². The van der Waals surface area contributed by atoms with Gasteiger partial charge in [-0.15, -0.1) is 0 Å². The largest absolute Gasteiger partial charge is 0.324 e. The number of anilines is 2. The predicted molar refractivity (Wildman–Crippen MR) is 76.7 cm³/mol. The highest BCUT2D eigenvalue weighted by Gasteiger charge is 2.15. The summed E-state index contributed by atoms with van der Waals surface area (Å²) < 4.78 is 26.3. The highest BCUT2D eigenvalue weighted by Crippen LogP contribution is 2.21. The summed E-state index contributed by atoms with van der Waals surface area (Å²) >= 11 is 0. The van der Waals surface area contributed by atoms with E-state index in [9.17, 15) is 13.6 Å². The first-order chi connectivity index (χ1) is 9.85. The molecule has 7 heteroatoms. The van der Waals surface area contributed by atoms with E-state index in [1.807, 2.05) is 32.0 Å². The van der Waals surface area contributed by atoms with E-state index in [0.29, 0.717) is 5.69 Å². The zero-order valence-corrected chi connectivity index (χ0v) is 11.9. The number of carbonyl (C=O) groups excluding carboxylic acids is 1. The third-order valence-corrected chi connectivity index (χ3v) is 2.86. The Labute approximate surface area is 121 Å². The van der Waals surface area contributed by atoms with Crippen molar-refractivity contribution >= 4 is 17.5 Å². The summed E-state index contributed by atoms with van der Waals surface area (Å²) in [5, 5.41) is 8.89. The maximum absolute atomic E-state index is 12.6. The quantitative estimate of drug-likeness (QED) is 0.908. The van der Waals surface area contributed by atoms with E-state index < -0.39 is 12.5 Å². The minimum absolute atomic E-state index is 0.0784. The lowest BCUT2D eigenvalue weighted by molar-refractivity contribution is 0.141. The number of aryl methyl sites for hydroxylation is 3. The predicted octanol–water partition coefficient (Wildman–Crippen LogP) is 3.62. The van der Waals surface area contributed by atoms with Gasteiger partial charge in [-0.1, -0.05) is 6.07 Å². The standard InChI is InChI=1S/C14H16F2N4O/c1-8-4-9(2)6-10(5-8)17-14(21)18-12-7-11(13(15)16)20(3)19-12/h4-7,13H,1-3H3,(H2,17,18,19,21). The Morgan fingerprint density at radius 1 is 1.14 bits per heavy atom. The highest BCUT2D eigenvalue weighted by molar-refractivity contribution is 5.99. The van der Waals surface area contributed by atoms with Crippen molar-refractivity contribution in [2.45, 2.75) is 20.3 Å². The van der Waals surface area contributed by atoms with E-state index in [-0.39, 0.29) is 11.5 Å². The number of alkyl halides is 2. The van der Waals surface area contributed by atoms with Crippen molar-refractivity contribution in [1.82, 2.24) is 9.78 Å². The number of urea groups is 1. The molecule has 0 aliphatic carbocycles. The number of nitrogens with one attached hydrogen (secondary N) is 2. The SMILES string of the molecule is Cc1cc(C)cc(NC(=O)Nc2cc(C(F)F)n(C)n2)c1. The highest BCUT2D eigenvalue weighted by atomic mass is 19.3. The Balaban J connectivity index is 2.06. The number of nitrogens with zero attached hydrogens (tertiary/aromatic N) is 2. The van der Waals surface area contributed by atoms with Crippen LogP contribution in [0.1, 0.15) is 23.2 Å². The van der Waals surface area contributed by atoms with Gasteiger partial charge >= 0.3 is 6.03 Å². The summed E-state index contributed by atoms with van der Waals surface area (Å²) in [7, 11) is 1.40. The minimum atomic E-state index is -2.64. The summed E-state index contributed by atoms with van der Waals surface area (Å²) in [6.45, 7) is 3.84. The molecule has 0 spiro atoms. The van der Waals surface area contributed by atoms with Crippen LogP contribution in [0.4, 0.5) is 25.1 Å². The number of hydrogen-bond acceptors (Lipinski definition) is 2. The van der Waals surface area contributed by atoms with Crippen molar-refractivity contribution in [1.29, 1.82) is 0 Å². The zero-order valence-electron chi connectivity index (χ0n) is 11.9. The van der Waals surface area contributed by atoms with Gasteiger partial charge in [0.1, 0.15) is 5.69 Å². The normalized spacial score (nSPS) is 10.8. The van der Waals surface area contributed by atoms with E-state index in [2.05, 4.69) is 15.7 Å². The van der Waals surface area contributed by atoms with E-state index in [0.717, 1.165) is 21.9 Å². The minimum Gasteiger partial charge on any atom is -0.308 e. The molecule has 1 aromatic carbocycles. The Morgan fingerprint density at radius 2 is 1.76 bits per heavy atom. The number of hydrogen-bond donors (Lipinski definition) is 2. The number of amides is 2. The molecule has 5 nitrogen and oxygen atoms in total. The first kappa shape index (κ1) is 15.0. The Kier molecular flexibility index (Phi) is 4.21. The summed E-state index contributed by atoms with van der Waals surface area (Å²) in [4.78, 5) is 11.8. The lowest BCUT2D eigenvalue weighted by Gasteiger charge is -2.07. The molecule has 2 aromatic rings. The molecule has 112 valence electrons. The van der Waals surface area contributed by atoms with Gasteiger partial charge in [0.15, 0.2) is 5.82 Å². The van der Waals surface area contributed by atoms with Gasteiger partial charge in [0.05, 0.1) is 0 Å². The van der Waals surface area contributed by atoms with Crippen molar-refractivity contribution in [2.24, 2.45) is 7.05 Å². The molecule has 0 fully saturated rings. The van der Waals surface area contributed by atoms with Crippen molar-refractivity contribution in [3.8, 4) is 0 Å². The van der Waals surface area contributed by atoms with Crippen LogP contribution in [-0.2, 0) is 7.05 Å². The van der Waals surface area contributed by atoms with Crippen LogP contribution in [-0.4, -0.2) is 15.8 Å². The Hall–Kier alpha value is -2.44. The van der Waals surface area contributed by atoms with Crippen molar-refractivity contribution in [3.05, 3.63) is 41.1 Å². The van der Waals surface area contributed by atoms with Gasteiger partial charge in [-0.25, -0.2) is 13.6 Å². The first-order valence-electron chi connectivity index (χ1n) is 6.33. The number of halogens is 2. The molecule has 2 rings (SSSR count). The average Bonchev–Trinajstić information content (AvgIpc) is 2.68. The molecule has 2 amide bonds. The van der Waals surface area contributed by atoms with Gasteiger partial charge in [-0.2, -0.15) is 5.10 Å². The molecular weight excluding hydrogens is 278 g/mol. The lowest BCUT2D eigenvalue weighted by atomic mass is 10.1. The van der Waals surface area contributed by atoms with Gasteiger partial charge in [-0.05, 0) is 37.1 Å². The molecule has 0 saturated carbocycles. The molecule has 1 heterocycles. The summed E-state index contributed by atoms with van der Waals surface area (Å²) in [5.41, 5.74) is 2.41. The van der Waals surface area contributed by atoms with Crippen LogP contribution in [0.5, 0.6) is 0 Å². The van der Waals surface area contributed by atoms with E-state index >= 15 is 0 Å². The Morgan fingerprint density at radius 3 is 2.29 bits per heavy atom. The van der Waals surface area contributed by atoms with Crippen LogP contribution in [0.3, 0.4) is 0 Å². The van der Waals surface area contributed by atoms with Crippen LogP contribution in [0.25, 0.3) is 0 Å². The maximum atomic E-state index is 12.6. The second-order valence-corrected chi connectivity index (χ2v) is 4.83. The molecule has 21 heavy (non-hydrogen) atoms. The lowest BCUT2D eigenvalue weighted by Crippen LogP contribution is -2.19. The van der Waals surface area contributed by atoms with Crippen molar-refractivity contribution < 1.29 is 13.6 Å². The van der Waals surface area contributed by atoms with Gasteiger partial charge in [-0.3, -0.25) is 10.00 Å². The average molecular weight is 294 g/mol. The Bertz CT molecular complexity index is 647. The molecule has 1 aromatic heterocycles. The zero-order chi connectivity index (χ0) is 15.6. The maximum Gasteiger partial charge on any atom is 0.324 e. The molecule has 0 radical (unpaired) electrons. The molecule has 0 saturated heterocycles. The number of carbonyl (C=O) groups is 1. The summed E-state index contributed by atoms with van der Waals surface area (Å²) in [6.07, 6.45) is -2.64. The van der Waals surface area contributed by atoms with Gasteiger partial charge in [0.25, 0.3) is 6.43 Å². The number of aromatic nitrogens is 2. The van der Waals surface area contributed by atoms with Crippen LogP contribution in [0, 0.1) is 13.8 Å². The molecule has 0 bridgehead atoms. The molecule has 0 atom stereocenters. The summed E-state index contributed by atoms with van der Waals surface area (Å²) in [5.74, 6) is 0.0784. The second kappa shape index (κ2) is 5.90. The van der Waals surface area contributed by atoms with E-state index in [1.54, 1.807) is 0 Å².